The first kappa shape index (κ1) is 20.5. The van der Waals surface area contributed by atoms with Crippen molar-refractivity contribution in [2.45, 2.75) is 13.1 Å². The number of hydrogen-bond acceptors (Lipinski definition) is 4. The zero-order valence-electron chi connectivity index (χ0n) is 17.7. The van der Waals surface area contributed by atoms with Gasteiger partial charge in [0.15, 0.2) is 12.4 Å². The Balaban J connectivity index is 1.38. The van der Waals surface area contributed by atoms with Crippen LogP contribution >= 0.6 is 0 Å². The Morgan fingerprint density at radius 3 is 2.45 bits per heavy atom. The number of ether oxygens (including phenoxy) is 1. The number of imidazole rings is 1. The molecule has 0 spiro atoms. The summed E-state index contributed by atoms with van der Waals surface area (Å²) in [5.41, 5.74) is 4.75. The Morgan fingerprint density at radius 1 is 0.939 bits per heavy atom. The van der Waals surface area contributed by atoms with Crippen LogP contribution in [0.4, 0.5) is 5.69 Å². The summed E-state index contributed by atoms with van der Waals surface area (Å²) in [6.07, 6.45) is 3.46. The molecule has 0 aliphatic carbocycles. The van der Waals surface area contributed by atoms with Gasteiger partial charge in [-0.25, -0.2) is 9.78 Å². The molecule has 4 aromatic rings. The van der Waals surface area contributed by atoms with Crippen LogP contribution in [-0.2, 0) is 17.9 Å². The minimum absolute atomic E-state index is 0.0389. The van der Waals surface area contributed by atoms with Crippen LogP contribution in [0.15, 0.2) is 85.3 Å². The standard InChI is InChI=1S/C26H21N3O4/c30-24-16-33-25-22(26(31)32)7-4-8-23(25)29(24)15-21-13-27-17-28(21)14-18-9-11-20(12-10-18)19-5-2-1-3-6-19/h1-13,17H,14-16H2,(H,31,32). The Bertz CT molecular complexity index is 1310. The van der Waals surface area contributed by atoms with Crippen molar-refractivity contribution in [2.75, 3.05) is 11.5 Å². The van der Waals surface area contributed by atoms with Crippen LogP contribution in [-0.4, -0.2) is 33.1 Å². The molecule has 1 aliphatic rings. The molecular formula is C26H21N3O4. The lowest BCUT2D eigenvalue weighted by Crippen LogP contribution is -2.39. The number of carboxylic acids is 1. The summed E-state index contributed by atoms with van der Waals surface area (Å²) < 4.78 is 7.44. The monoisotopic (exact) mass is 439 g/mol. The normalized spacial score (nSPS) is 12.8. The molecule has 0 fully saturated rings. The van der Waals surface area contributed by atoms with Gasteiger partial charge in [0, 0.05) is 12.7 Å². The van der Waals surface area contributed by atoms with E-state index in [1.165, 1.54) is 6.07 Å². The van der Waals surface area contributed by atoms with Gasteiger partial charge in [0.1, 0.15) is 5.56 Å². The summed E-state index contributed by atoms with van der Waals surface area (Å²) in [7, 11) is 0. The fraction of sp³-hybridized carbons (Fsp3) is 0.115. The highest BCUT2D eigenvalue weighted by Gasteiger charge is 2.29. The third kappa shape index (κ3) is 4.08. The second-order valence-corrected chi connectivity index (χ2v) is 7.80. The van der Waals surface area contributed by atoms with E-state index in [-0.39, 0.29) is 30.4 Å². The zero-order valence-corrected chi connectivity index (χ0v) is 17.7. The van der Waals surface area contributed by atoms with Crippen LogP contribution < -0.4 is 9.64 Å². The molecule has 7 heteroatoms. The fourth-order valence-electron chi connectivity index (χ4n) is 3.99. The lowest BCUT2D eigenvalue weighted by atomic mass is 10.0. The summed E-state index contributed by atoms with van der Waals surface area (Å²) in [6.45, 7) is 0.664. The molecule has 3 aromatic carbocycles. The number of carboxylic acid groups (broad SMARTS) is 1. The number of aromatic carboxylic acids is 1. The number of rotatable bonds is 6. The topological polar surface area (TPSA) is 84.7 Å². The van der Waals surface area contributed by atoms with Crippen LogP contribution in [0.5, 0.6) is 5.75 Å². The number of anilines is 1. The van der Waals surface area contributed by atoms with E-state index in [9.17, 15) is 14.7 Å². The zero-order chi connectivity index (χ0) is 22.8. The number of fused-ring (bicyclic) bond motifs is 1. The quantitative estimate of drug-likeness (QED) is 0.486. The summed E-state index contributed by atoms with van der Waals surface area (Å²) in [6, 6.07) is 23.3. The number of hydrogen-bond donors (Lipinski definition) is 1. The number of aromatic nitrogens is 2. The highest BCUT2D eigenvalue weighted by molar-refractivity contribution is 6.02. The Morgan fingerprint density at radius 2 is 1.70 bits per heavy atom. The molecule has 2 heterocycles. The number of nitrogens with zero attached hydrogens (tertiary/aromatic N) is 3. The van der Waals surface area contributed by atoms with Gasteiger partial charge in [-0.3, -0.25) is 9.69 Å². The fourth-order valence-corrected chi connectivity index (χ4v) is 3.99. The molecule has 1 amide bonds. The van der Waals surface area contributed by atoms with Crippen LogP contribution in [0, 0.1) is 0 Å². The van der Waals surface area contributed by atoms with Gasteiger partial charge in [-0.2, -0.15) is 0 Å². The summed E-state index contributed by atoms with van der Waals surface area (Å²) in [5, 5.41) is 9.45. The van der Waals surface area contributed by atoms with E-state index < -0.39 is 5.97 Å². The lowest BCUT2D eigenvalue weighted by Gasteiger charge is -2.30. The van der Waals surface area contributed by atoms with E-state index in [1.807, 2.05) is 22.8 Å². The van der Waals surface area contributed by atoms with Gasteiger partial charge in [0.2, 0.25) is 0 Å². The second-order valence-electron chi connectivity index (χ2n) is 7.80. The molecule has 7 nitrogen and oxygen atoms in total. The highest BCUT2D eigenvalue weighted by atomic mass is 16.5. The van der Waals surface area contributed by atoms with Gasteiger partial charge in [0.25, 0.3) is 5.91 Å². The van der Waals surface area contributed by atoms with Crippen LogP contribution in [0.3, 0.4) is 0 Å². The molecule has 0 unspecified atom stereocenters. The van der Waals surface area contributed by atoms with Gasteiger partial charge in [-0.05, 0) is 28.8 Å². The average Bonchev–Trinajstić information content (AvgIpc) is 3.28. The van der Waals surface area contributed by atoms with Crippen molar-refractivity contribution in [3.63, 3.8) is 0 Å². The van der Waals surface area contributed by atoms with Crippen molar-refractivity contribution in [1.29, 1.82) is 0 Å². The highest BCUT2D eigenvalue weighted by Crippen LogP contribution is 2.36. The largest absolute Gasteiger partial charge is 0.481 e. The minimum atomic E-state index is -1.09. The Hall–Kier alpha value is -4.39. The maximum absolute atomic E-state index is 12.6. The number of para-hydroxylation sites is 1. The molecule has 33 heavy (non-hydrogen) atoms. The predicted molar refractivity (Wildman–Crippen MR) is 123 cm³/mol. The van der Waals surface area contributed by atoms with Crippen molar-refractivity contribution < 1.29 is 19.4 Å². The van der Waals surface area contributed by atoms with Gasteiger partial charge in [-0.15, -0.1) is 0 Å². The van der Waals surface area contributed by atoms with Gasteiger partial charge >= 0.3 is 5.97 Å². The van der Waals surface area contributed by atoms with Crippen molar-refractivity contribution in [1.82, 2.24) is 9.55 Å². The molecule has 0 saturated carbocycles. The first-order valence-electron chi connectivity index (χ1n) is 10.5. The molecular weight excluding hydrogens is 418 g/mol. The number of benzene rings is 3. The second kappa shape index (κ2) is 8.63. The van der Waals surface area contributed by atoms with Crippen molar-refractivity contribution in [3.05, 3.63) is 102 Å². The summed E-state index contributed by atoms with van der Waals surface area (Å²) in [5.74, 6) is -1.11. The molecule has 0 saturated heterocycles. The minimum Gasteiger partial charge on any atom is -0.481 e. The molecule has 5 rings (SSSR count). The van der Waals surface area contributed by atoms with Crippen LogP contribution in [0.1, 0.15) is 21.6 Å². The van der Waals surface area contributed by atoms with E-state index in [1.54, 1.807) is 29.6 Å². The molecule has 1 aromatic heterocycles. The Kier molecular flexibility index (Phi) is 5.36. The van der Waals surface area contributed by atoms with Crippen molar-refractivity contribution in [2.24, 2.45) is 0 Å². The third-order valence-corrected chi connectivity index (χ3v) is 5.69. The van der Waals surface area contributed by atoms with Gasteiger partial charge in [0.05, 0.1) is 24.3 Å². The van der Waals surface area contributed by atoms with Crippen LogP contribution in [0.25, 0.3) is 11.1 Å². The average molecular weight is 439 g/mol. The van der Waals surface area contributed by atoms with E-state index in [0.29, 0.717) is 12.2 Å². The number of carbonyl (C=O) groups is 2. The number of carbonyl (C=O) groups excluding carboxylic acids is 1. The van der Waals surface area contributed by atoms with Crippen molar-refractivity contribution >= 4 is 17.6 Å². The predicted octanol–water partition coefficient (Wildman–Crippen LogP) is 4.22. The molecule has 0 radical (unpaired) electrons. The molecule has 1 N–H and O–H groups in total. The van der Waals surface area contributed by atoms with E-state index >= 15 is 0 Å². The summed E-state index contributed by atoms with van der Waals surface area (Å²) in [4.78, 5) is 30.0. The van der Waals surface area contributed by atoms with Gasteiger partial charge in [-0.1, -0.05) is 60.7 Å². The maximum atomic E-state index is 12.6. The first-order chi connectivity index (χ1) is 16.1. The van der Waals surface area contributed by atoms with Gasteiger partial charge < -0.3 is 14.4 Å². The van der Waals surface area contributed by atoms with E-state index in [0.717, 1.165) is 22.4 Å². The molecule has 1 aliphatic heterocycles. The molecule has 0 bridgehead atoms. The number of amides is 1. The van der Waals surface area contributed by atoms with Crippen LogP contribution in [0.2, 0.25) is 0 Å². The first-order valence-corrected chi connectivity index (χ1v) is 10.5. The third-order valence-electron chi connectivity index (χ3n) is 5.69. The smallest absolute Gasteiger partial charge is 0.339 e. The maximum Gasteiger partial charge on any atom is 0.339 e. The van der Waals surface area contributed by atoms with E-state index in [4.69, 9.17) is 4.74 Å². The SMILES string of the molecule is O=C(O)c1cccc2c1OCC(=O)N2Cc1cncn1Cc1ccc(-c2ccccc2)cc1. The Labute approximate surface area is 190 Å². The van der Waals surface area contributed by atoms with Crippen molar-refractivity contribution in [3.8, 4) is 16.9 Å². The lowest BCUT2D eigenvalue weighted by molar-refractivity contribution is -0.121. The molecule has 164 valence electrons. The molecule has 0 atom stereocenters. The van der Waals surface area contributed by atoms with E-state index in [2.05, 4.69) is 41.4 Å². The summed E-state index contributed by atoms with van der Waals surface area (Å²) >= 11 is 0.